The van der Waals surface area contributed by atoms with Crippen molar-refractivity contribution in [2.75, 3.05) is 5.88 Å². The van der Waals surface area contributed by atoms with E-state index < -0.39 is 41.2 Å². The van der Waals surface area contributed by atoms with Crippen molar-refractivity contribution in [1.82, 2.24) is 15.0 Å². The standard InChI is InChI=1S/C12H9ClF5N3/c13-3-1-2-6-4-21(20-19-6)5-7-8(14)10(16)12(18)11(17)9(7)15/h4H,1-3,5H2. The maximum absolute atomic E-state index is 13.5. The SMILES string of the molecule is Fc1c(F)c(F)c(Cn2cc(CCCCl)nn2)c(F)c1F. The molecule has 0 fully saturated rings. The molecule has 114 valence electrons. The molecule has 0 radical (unpaired) electrons. The number of hydrogen-bond donors (Lipinski definition) is 0. The van der Waals surface area contributed by atoms with Gasteiger partial charge in [0.1, 0.15) is 0 Å². The molecule has 0 spiro atoms. The molecule has 2 aromatic rings. The van der Waals surface area contributed by atoms with E-state index in [2.05, 4.69) is 10.3 Å². The molecule has 1 heterocycles. The summed E-state index contributed by atoms with van der Waals surface area (Å²) >= 11 is 5.51. The number of halogens is 6. The molecule has 0 unspecified atom stereocenters. The summed E-state index contributed by atoms with van der Waals surface area (Å²) in [5.74, 6) is -9.48. The molecule has 0 aliphatic carbocycles. The smallest absolute Gasteiger partial charge is 0.200 e. The van der Waals surface area contributed by atoms with Crippen molar-refractivity contribution in [3.63, 3.8) is 0 Å². The molecule has 0 N–H and O–H groups in total. The second-order valence-corrected chi connectivity index (χ2v) is 4.63. The van der Waals surface area contributed by atoms with E-state index in [4.69, 9.17) is 11.6 Å². The van der Waals surface area contributed by atoms with Crippen LogP contribution < -0.4 is 0 Å². The summed E-state index contributed by atoms with van der Waals surface area (Å²) in [5.41, 5.74) is -0.445. The van der Waals surface area contributed by atoms with Crippen molar-refractivity contribution in [2.24, 2.45) is 0 Å². The Hall–Kier alpha value is -1.70. The van der Waals surface area contributed by atoms with Gasteiger partial charge in [-0.1, -0.05) is 5.21 Å². The number of aromatic nitrogens is 3. The summed E-state index contributed by atoms with van der Waals surface area (Å²) in [4.78, 5) is 0. The van der Waals surface area contributed by atoms with Crippen LogP contribution in [0.5, 0.6) is 0 Å². The van der Waals surface area contributed by atoms with Gasteiger partial charge in [0.2, 0.25) is 5.82 Å². The first-order valence-electron chi connectivity index (χ1n) is 5.91. The Bertz CT molecular complexity index is 630. The first-order chi connectivity index (χ1) is 9.95. The second-order valence-electron chi connectivity index (χ2n) is 4.25. The van der Waals surface area contributed by atoms with Gasteiger partial charge >= 0.3 is 0 Å². The molecule has 3 nitrogen and oxygen atoms in total. The highest BCUT2D eigenvalue weighted by Gasteiger charge is 2.25. The number of benzene rings is 1. The van der Waals surface area contributed by atoms with E-state index in [1.54, 1.807) is 0 Å². The fourth-order valence-electron chi connectivity index (χ4n) is 1.73. The minimum Gasteiger partial charge on any atom is -0.248 e. The molecule has 0 bridgehead atoms. The van der Waals surface area contributed by atoms with Gasteiger partial charge in [-0.05, 0) is 12.8 Å². The van der Waals surface area contributed by atoms with Crippen LogP contribution in [0.1, 0.15) is 17.7 Å². The van der Waals surface area contributed by atoms with Crippen molar-refractivity contribution < 1.29 is 22.0 Å². The zero-order valence-corrected chi connectivity index (χ0v) is 11.3. The van der Waals surface area contributed by atoms with Crippen molar-refractivity contribution in [3.05, 3.63) is 46.5 Å². The fraction of sp³-hybridized carbons (Fsp3) is 0.333. The first-order valence-corrected chi connectivity index (χ1v) is 6.44. The van der Waals surface area contributed by atoms with Gasteiger partial charge in [-0.15, -0.1) is 16.7 Å². The summed E-state index contributed by atoms with van der Waals surface area (Å²) in [6.45, 7) is -0.611. The van der Waals surface area contributed by atoms with E-state index in [1.807, 2.05) is 0 Å². The highest BCUT2D eigenvalue weighted by Crippen LogP contribution is 2.23. The molecular weight excluding hydrogens is 317 g/mol. The van der Waals surface area contributed by atoms with Gasteiger partial charge in [-0.2, -0.15) is 0 Å². The molecule has 0 aliphatic heterocycles. The molecule has 0 atom stereocenters. The van der Waals surface area contributed by atoms with Crippen molar-refractivity contribution in [2.45, 2.75) is 19.4 Å². The summed E-state index contributed by atoms with van der Waals surface area (Å²) in [5, 5.41) is 7.30. The highest BCUT2D eigenvalue weighted by molar-refractivity contribution is 6.17. The molecule has 1 aromatic carbocycles. The van der Waals surface area contributed by atoms with E-state index in [0.29, 0.717) is 24.4 Å². The molecule has 0 saturated heterocycles. The van der Waals surface area contributed by atoms with Gasteiger partial charge in [0.05, 0.1) is 17.8 Å². The molecular formula is C12H9ClF5N3. The minimum absolute atomic E-state index is 0.407. The van der Waals surface area contributed by atoms with Gasteiger partial charge < -0.3 is 0 Å². The number of aryl methyl sites for hydroxylation is 1. The second kappa shape index (κ2) is 6.38. The van der Waals surface area contributed by atoms with Crippen LogP contribution in [0.3, 0.4) is 0 Å². The number of alkyl halides is 1. The zero-order chi connectivity index (χ0) is 15.6. The largest absolute Gasteiger partial charge is 0.248 e. The summed E-state index contributed by atoms with van der Waals surface area (Å²) in [6, 6.07) is 0. The average molecular weight is 326 g/mol. The fourth-order valence-corrected chi connectivity index (χ4v) is 1.86. The Morgan fingerprint density at radius 3 is 2.10 bits per heavy atom. The number of hydrogen-bond acceptors (Lipinski definition) is 2. The third-order valence-corrected chi connectivity index (χ3v) is 3.04. The highest BCUT2D eigenvalue weighted by atomic mass is 35.5. The lowest BCUT2D eigenvalue weighted by atomic mass is 10.1. The van der Waals surface area contributed by atoms with Gasteiger partial charge in [0.25, 0.3) is 0 Å². The molecule has 21 heavy (non-hydrogen) atoms. The van der Waals surface area contributed by atoms with Crippen LogP contribution in [0.2, 0.25) is 0 Å². The Balaban J connectivity index is 2.29. The van der Waals surface area contributed by atoms with E-state index >= 15 is 0 Å². The normalized spacial score (nSPS) is 11.1. The van der Waals surface area contributed by atoms with Crippen LogP contribution in [0.4, 0.5) is 22.0 Å². The van der Waals surface area contributed by atoms with Crippen molar-refractivity contribution >= 4 is 11.6 Å². The monoisotopic (exact) mass is 325 g/mol. The third-order valence-electron chi connectivity index (χ3n) is 2.77. The maximum Gasteiger partial charge on any atom is 0.200 e. The maximum atomic E-state index is 13.5. The van der Waals surface area contributed by atoms with E-state index in [1.165, 1.54) is 6.20 Å². The first kappa shape index (κ1) is 15.7. The lowest BCUT2D eigenvalue weighted by Gasteiger charge is -2.07. The molecule has 9 heteroatoms. The van der Waals surface area contributed by atoms with Crippen LogP contribution in [-0.2, 0) is 13.0 Å². The lowest BCUT2D eigenvalue weighted by Crippen LogP contribution is -2.11. The molecule has 2 rings (SSSR count). The molecule has 0 amide bonds. The Kier molecular flexibility index (Phi) is 4.76. The molecule has 0 saturated carbocycles. The summed E-state index contributed by atoms with van der Waals surface area (Å²) < 4.78 is 67.0. The van der Waals surface area contributed by atoms with Gasteiger partial charge in [0.15, 0.2) is 23.3 Å². The Morgan fingerprint density at radius 1 is 0.952 bits per heavy atom. The van der Waals surface area contributed by atoms with Gasteiger partial charge in [0, 0.05) is 12.1 Å². The average Bonchev–Trinajstić information content (AvgIpc) is 2.93. The third kappa shape index (κ3) is 3.15. The van der Waals surface area contributed by atoms with Crippen LogP contribution >= 0.6 is 11.6 Å². The van der Waals surface area contributed by atoms with Crippen LogP contribution in [0.25, 0.3) is 0 Å². The van der Waals surface area contributed by atoms with Gasteiger partial charge in [-0.25, -0.2) is 26.6 Å². The topological polar surface area (TPSA) is 30.7 Å². The number of nitrogens with zero attached hydrogens (tertiary/aromatic N) is 3. The lowest BCUT2D eigenvalue weighted by molar-refractivity contribution is 0.366. The predicted octanol–water partition coefficient (Wildman–Crippen LogP) is 3.19. The van der Waals surface area contributed by atoms with Crippen LogP contribution in [0.15, 0.2) is 6.20 Å². The zero-order valence-electron chi connectivity index (χ0n) is 10.5. The Labute approximate surface area is 121 Å². The molecule has 0 aliphatic rings. The quantitative estimate of drug-likeness (QED) is 0.366. The van der Waals surface area contributed by atoms with Crippen LogP contribution in [0, 0.1) is 29.1 Å². The van der Waals surface area contributed by atoms with E-state index in [-0.39, 0.29) is 0 Å². The van der Waals surface area contributed by atoms with Crippen molar-refractivity contribution in [3.8, 4) is 0 Å². The minimum atomic E-state index is -2.19. The van der Waals surface area contributed by atoms with E-state index in [9.17, 15) is 22.0 Å². The molecule has 1 aromatic heterocycles. The summed E-state index contributed by atoms with van der Waals surface area (Å²) in [6.07, 6.45) is 2.49. The van der Waals surface area contributed by atoms with Gasteiger partial charge in [-0.3, -0.25) is 0 Å². The van der Waals surface area contributed by atoms with Crippen molar-refractivity contribution in [1.29, 1.82) is 0 Å². The predicted molar refractivity (Wildman–Crippen MR) is 64.4 cm³/mol. The van der Waals surface area contributed by atoms with E-state index in [0.717, 1.165) is 4.68 Å². The summed E-state index contributed by atoms with van der Waals surface area (Å²) in [7, 11) is 0. The number of rotatable bonds is 5. The van der Waals surface area contributed by atoms with Crippen LogP contribution in [-0.4, -0.2) is 20.9 Å². The Morgan fingerprint density at radius 2 is 1.52 bits per heavy atom.